The number of nitrogens with zero attached hydrogens (tertiary/aromatic N) is 1. The van der Waals surface area contributed by atoms with Crippen LogP contribution >= 0.6 is 23.2 Å². The average molecular weight is 296 g/mol. The molecule has 0 saturated heterocycles. The fourth-order valence-corrected chi connectivity index (χ4v) is 2.19. The van der Waals surface area contributed by atoms with Gasteiger partial charge in [0.1, 0.15) is 11.4 Å². The first-order chi connectivity index (χ1) is 9.15. The Bertz CT molecular complexity index is 720. The molecule has 2 heterocycles. The fraction of sp³-hybridized carbons (Fsp3) is 0. The number of rotatable bonds is 2. The number of hydrogen-bond donors (Lipinski definition) is 1. The third kappa shape index (κ3) is 2.20. The van der Waals surface area contributed by atoms with Gasteiger partial charge < -0.3 is 14.0 Å². The summed E-state index contributed by atoms with van der Waals surface area (Å²) in [5.41, 5.74) is 0.901. The van der Waals surface area contributed by atoms with Gasteiger partial charge in [-0.2, -0.15) is 0 Å². The molecule has 0 aliphatic heterocycles. The predicted octanol–water partition coefficient (Wildman–Crippen LogP) is 4.61. The van der Waals surface area contributed by atoms with Crippen molar-refractivity contribution in [1.82, 2.24) is 5.16 Å². The first kappa shape index (κ1) is 12.1. The molecule has 0 saturated carbocycles. The lowest BCUT2D eigenvalue weighted by Crippen LogP contribution is -1.78. The smallest absolute Gasteiger partial charge is 0.171 e. The number of aromatic hydroxyl groups is 1. The van der Waals surface area contributed by atoms with E-state index in [1.807, 2.05) is 0 Å². The molecule has 0 spiro atoms. The van der Waals surface area contributed by atoms with Crippen LogP contribution in [0.4, 0.5) is 0 Å². The minimum Gasteiger partial charge on any atom is -0.506 e. The van der Waals surface area contributed by atoms with E-state index in [4.69, 9.17) is 32.1 Å². The van der Waals surface area contributed by atoms with Crippen molar-refractivity contribution < 1.29 is 14.0 Å². The van der Waals surface area contributed by atoms with Crippen LogP contribution in [0.3, 0.4) is 0 Å². The van der Waals surface area contributed by atoms with E-state index >= 15 is 0 Å². The maximum absolute atomic E-state index is 9.91. The van der Waals surface area contributed by atoms with E-state index in [-0.39, 0.29) is 10.8 Å². The second-order valence-electron chi connectivity index (χ2n) is 3.84. The number of benzene rings is 1. The van der Waals surface area contributed by atoms with Gasteiger partial charge in [0.05, 0.1) is 16.8 Å². The number of hydrogen-bond acceptors (Lipinski definition) is 4. The molecule has 0 aliphatic rings. The minimum absolute atomic E-state index is 0.104. The largest absolute Gasteiger partial charge is 0.506 e. The van der Waals surface area contributed by atoms with Gasteiger partial charge in [-0.1, -0.05) is 28.4 Å². The maximum Gasteiger partial charge on any atom is 0.171 e. The van der Waals surface area contributed by atoms with Gasteiger partial charge in [0.15, 0.2) is 11.5 Å². The quantitative estimate of drug-likeness (QED) is 0.750. The third-order valence-electron chi connectivity index (χ3n) is 2.58. The average Bonchev–Trinajstić information content (AvgIpc) is 3.03. The van der Waals surface area contributed by atoms with Crippen molar-refractivity contribution in [3.8, 4) is 28.5 Å². The molecule has 3 rings (SSSR count). The molecule has 0 radical (unpaired) electrons. The van der Waals surface area contributed by atoms with Crippen LogP contribution in [-0.4, -0.2) is 10.3 Å². The maximum atomic E-state index is 9.91. The summed E-state index contributed by atoms with van der Waals surface area (Å²) in [7, 11) is 0. The molecule has 0 aliphatic carbocycles. The second kappa shape index (κ2) is 4.64. The van der Waals surface area contributed by atoms with Gasteiger partial charge >= 0.3 is 0 Å². The van der Waals surface area contributed by atoms with Crippen molar-refractivity contribution in [2.24, 2.45) is 0 Å². The summed E-state index contributed by atoms with van der Waals surface area (Å²) in [6.07, 6.45) is 1.54. The SMILES string of the molecule is Oc1c(Cl)cc(Cl)cc1-c1cc(-c2ccco2)no1. The molecule has 0 fully saturated rings. The molecule has 19 heavy (non-hydrogen) atoms. The van der Waals surface area contributed by atoms with E-state index in [1.165, 1.54) is 12.3 Å². The fourth-order valence-electron chi connectivity index (χ4n) is 1.70. The molecule has 0 amide bonds. The minimum atomic E-state index is -0.104. The van der Waals surface area contributed by atoms with E-state index in [1.54, 1.807) is 24.3 Å². The summed E-state index contributed by atoms with van der Waals surface area (Å²) in [6.45, 7) is 0. The van der Waals surface area contributed by atoms with Gasteiger partial charge in [-0.15, -0.1) is 0 Å². The van der Waals surface area contributed by atoms with Gasteiger partial charge in [-0.25, -0.2) is 0 Å². The lowest BCUT2D eigenvalue weighted by molar-refractivity contribution is 0.425. The highest BCUT2D eigenvalue weighted by molar-refractivity contribution is 6.36. The lowest BCUT2D eigenvalue weighted by Gasteiger charge is -2.03. The van der Waals surface area contributed by atoms with Crippen molar-refractivity contribution in [2.75, 3.05) is 0 Å². The highest BCUT2D eigenvalue weighted by Gasteiger charge is 2.16. The Kier molecular flexibility index (Phi) is 2.97. The molecule has 96 valence electrons. The zero-order valence-electron chi connectivity index (χ0n) is 9.43. The van der Waals surface area contributed by atoms with Crippen molar-refractivity contribution in [3.05, 3.63) is 46.6 Å². The molecule has 1 aromatic carbocycles. The highest BCUT2D eigenvalue weighted by Crippen LogP contribution is 2.39. The Morgan fingerprint density at radius 3 is 2.68 bits per heavy atom. The molecule has 0 unspecified atom stereocenters. The summed E-state index contributed by atoms with van der Waals surface area (Å²) >= 11 is 11.8. The number of phenols is 1. The van der Waals surface area contributed by atoms with Crippen molar-refractivity contribution >= 4 is 23.2 Å². The van der Waals surface area contributed by atoms with Crippen LogP contribution in [0.25, 0.3) is 22.8 Å². The summed E-state index contributed by atoms with van der Waals surface area (Å²) in [5, 5.41) is 14.3. The third-order valence-corrected chi connectivity index (χ3v) is 3.08. The van der Waals surface area contributed by atoms with Crippen molar-refractivity contribution in [3.63, 3.8) is 0 Å². The molecule has 1 N–H and O–H groups in total. The molecule has 6 heteroatoms. The Balaban J connectivity index is 2.09. The van der Waals surface area contributed by atoms with Crippen LogP contribution in [0.5, 0.6) is 5.75 Å². The molecular weight excluding hydrogens is 289 g/mol. The molecular formula is C13H7Cl2NO3. The number of aromatic nitrogens is 1. The molecule has 4 nitrogen and oxygen atoms in total. The van der Waals surface area contributed by atoms with E-state index < -0.39 is 0 Å². The van der Waals surface area contributed by atoms with Gasteiger partial charge in [0.2, 0.25) is 0 Å². The van der Waals surface area contributed by atoms with Gasteiger partial charge in [0, 0.05) is 11.1 Å². The van der Waals surface area contributed by atoms with Crippen LogP contribution in [-0.2, 0) is 0 Å². The highest BCUT2D eigenvalue weighted by atomic mass is 35.5. The first-order valence-electron chi connectivity index (χ1n) is 5.34. The summed E-state index contributed by atoms with van der Waals surface area (Å²) in [6, 6.07) is 8.14. The summed E-state index contributed by atoms with van der Waals surface area (Å²) in [4.78, 5) is 0. The number of halogens is 2. The topological polar surface area (TPSA) is 59.4 Å². The molecule has 0 atom stereocenters. The summed E-state index contributed by atoms with van der Waals surface area (Å²) < 4.78 is 10.4. The zero-order chi connectivity index (χ0) is 13.4. The second-order valence-corrected chi connectivity index (χ2v) is 4.68. The van der Waals surface area contributed by atoms with Crippen LogP contribution in [0.2, 0.25) is 10.0 Å². The van der Waals surface area contributed by atoms with Crippen LogP contribution in [0.15, 0.2) is 45.5 Å². The van der Waals surface area contributed by atoms with Gasteiger partial charge in [0.25, 0.3) is 0 Å². The first-order valence-corrected chi connectivity index (χ1v) is 6.10. The normalized spacial score (nSPS) is 10.8. The molecule has 0 bridgehead atoms. The zero-order valence-corrected chi connectivity index (χ0v) is 10.9. The van der Waals surface area contributed by atoms with Crippen LogP contribution in [0.1, 0.15) is 0 Å². The number of phenolic OH excluding ortho intramolecular Hbond substituents is 1. The molecule has 2 aromatic heterocycles. The Labute approximate surface area is 118 Å². The van der Waals surface area contributed by atoms with Crippen LogP contribution in [0, 0.1) is 0 Å². The van der Waals surface area contributed by atoms with Gasteiger partial charge in [-0.3, -0.25) is 0 Å². The van der Waals surface area contributed by atoms with Crippen LogP contribution < -0.4 is 0 Å². The molecule has 3 aromatic rings. The Hall–Kier alpha value is -1.91. The monoisotopic (exact) mass is 295 g/mol. The predicted molar refractivity (Wildman–Crippen MR) is 71.3 cm³/mol. The lowest BCUT2D eigenvalue weighted by atomic mass is 10.1. The van der Waals surface area contributed by atoms with E-state index in [9.17, 15) is 5.11 Å². The van der Waals surface area contributed by atoms with E-state index in [0.29, 0.717) is 27.8 Å². The Morgan fingerprint density at radius 2 is 1.95 bits per heavy atom. The van der Waals surface area contributed by atoms with Crippen molar-refractivity contribution in [2.45, 2.75) is 0 Å². The Morgan fingerprint density at radius 1 is 1.11 bits per heavy atom. The summed E-state index contributed by atoms with van der Waals surface area (Å²) in [5.74, 6) is 0.823. The van der Waals surface area contributed by atoms with E-state index in [0.717, 1.165) is 0 Å². The van der Waals surface area contributed by atoms with Gasteiger partial charge in [-0.05, 0) is 24.3 Å². The number of furan rings is 1. The van der Waals surface area contributed by atoms with E-state index in [2.05, 4.69) is 5.16 Å². The van der Waals surface area contributed by atoms with Crippen molar-refractivity contribution in [1.29, 1.82) is 0 Å². The standard InChI is InChI=1S/C13H7Cl2NO3/c14-7-4-8(13(17)9(15)5-7)12-6-10(16-19-12)11-2-1-3-18-11/h1-6,17H.